The molecule has 2 atom stereocenters. The lowest BCUT2D eigenvalue weighted by Crippen LogP contribution is -2.13. The molecule has 4 aromatic carbocycles. The lowest BCUT2D eigenvalue weighted by Gasteiger charge is -2.20. The van der Waals surface area contributed by atoms with E-state index in [9.17, 15) is 0 Å². The van der Waals surface area contributed by atoms with Crippen molar-refractivity contribution in [1.29, 1.82) is 0 Å². The van der Waals surface area contributed by atoms with Crippen molar-refractivity contribution < 1.29 is 8.85 Å². The van der Waals surface area contributed by atoms with Gasteiger partial charge in [-0.3, -0.25) is 0 Å². The smallest absolute Gasteiger partial charge is 0.162 e. The van der Waals surface area contributed by atoms with Crippen LogP contribution in [0.25, 0.3) is 0 Å². The zero-order chi connectivity index (χ0) is 23.3. The summed E-state index contributed by atoms with van der Waals surface area (Å²) in [5.41, 5.74) is 5.21. The van der Waals surface area contributed by atoms with Gasteiger partial charge in [-0.15, -0.1) is 0 Å². The fraction of sp³-hybridized carbons (Fsp3) is 0.200. The first-order chi connectivity index (χ1) is 16.9. The molecular formula is C30H34O2Si2. The van der Waals surface area contributed by atoms with Crippen molar-refractivity contribution in [1.82, 2.24) is 0 Å². The predicted octanol–water partition coefficient (Wildman–Crippen LogP) is 5.99. The van der Waals surface area contributed by atoms with Gasteiger partial charge < -0.3 is 8.85 Å². The van der Waals surface area contributed by atoms with Crippen LogP contribution in [0.5, 0.6) is 0 Å². The van der Waals surface area contributed by atoms with Crippen LogP contribution >= 0.6 is 0 Å². The Balaban J connectivity index is 1.27. The van der Waals surface area contributed by atoms with Crippen molar-refractivity contribution in [2.24, 2.45) is 0 Å². The summed E-state index contributed by atoms with van der Waals surface area (Å²) in [7, 11) is -1.21. The summed E-state index contributed by atoms with van der Waals surface area (Å²) in [6, 6.07) is 45.0. The second-order valence-corrected chi connectivity index (χ2v) is 11.5. The summed E-state index contributed by atoms with van der Waals surface area (Å²) in [4.78, 5) is 0. The van der Waals surface area contributed by atoms with Crippen LogP contribution in [0.3, 0.4) is 0 Å². The Morgan fingerprint density at radius 3 is 1.12 bits per heavy atom. The van der Waals surface area contributed by atoms with E-state index in [0.717, 1.165) is 12.8 Å². The Morgan fingerprint density at radius 1 is 0.441 bits per heavy atom. The highest BCUT2D eigenvalue weighted by Crippen LogP contribution is 2.24. The van der Waals surface area contributed by atoms with Gasteiger partial charge in [-0.1, -0.05) is 121 Å². The highest BCUT2D eigenvalue weighted by atomic mass is 28.2. The van der Waals surface area contributed by atoms with Crippen LogP contribution in [-0.2, 0) is 21.7 Å². The number of hydrogen-bond donors (Lipinski definition) is 0. The van der Waals surface area contributed by atoms with Gasteiger partial charge >= 0.3 is 0 Å². The third-order valence-electron chi connectivity index (χ3n) is 6.05. The molecule has 4 aromatic rings. The molecule has 0 bridgehead atoms. The fourth-order valence-electron chi connectivity index (χ4n) is 4.19. The maximum atomic E-state index is 6.53. The van der Waals surface area contributed by atoms with Crippen molar-refractivity contribution >= 4 is 19.5 Å². The van der Waals surface area contributed by atoms with E-state index in [4.69, 9.17) is 8.85 Å². The van der Waals surface area contributed by atoms with E-state index in [1.807, 2.05) is 0 Å². The van der Waals surface area contributed by atoms with E-state index >= 15 is 0 Å². The first-order valence-electron chi connectivity index (χ1n) is 12.3. The van der Waals surface area contributed by atoms with E-state index in [1.165, 1.54) is 34.3 Å². The first kappa shape index (κ1) is 24.4. The molecule has 2 unspecified atom stereocenters. The van der Waals surface area contributed by atoms with Gasteiger partial charge in [0.25, 0.3) is 0 Å². The van der Waals surface area contributed by atoms with Crippen LogP contribution in [0.4, 0.5) is 0 Å². The summed E-state index contributed by atoms with van der Waals surface area (Å²) in [5.74, 6) is 0. The molecule has 0 fully saturated rings. The van der Waals surface area contributed by atoms with Crippen LogP contribution in [0.1, 0.15) is 34.5 Å². The van der Waals surface area contributed by atoms with Crippen LogP contribution < -0.4 is 0 Å². The van der Waals surface area contributed by atoms with E-state index in [2.05, 4.69) is 121 Å². The normalized spacial score (nSPS) is 13.5. The van der Waals surface area contributed by atoms with Crippen LogP contribution in [0, 0.1) is 0 Å². The van der Waals surface area contributed by atoms with E-state index in [1.54, 1.807) is 0 Å². The first-order valence-corrected chi connectivity index (χ1v) is 15.4. The minimum atomic E-state index is -0.606. The maximum absolute atomic E-state index is 6.53. The summed E-state index contributed by atoms with van der Waals surface area (Å²) in [6.07, 6.45) is 2.15. The number of benzene rings is 4. The summed E-state index contributed by atoms with van der Waals surface area (Å²) in [5, 5.41) is 0. The molecule has 174 valence electrons. The highest BCUT2D eigenvalue weighted by molar-refractivity contribution is 6.34. The summed E-state index contributed by atoms with van der Waals surface area (Å²) in [6.45, 7) is 0. The Bertz CT molecular complexity index is 971. The van der Waals surface area contributed by atoms with Gasteiger partial charge in [0.2, 0.25) is 0 Å². The predicted molar refractivity (Wildman–Crippen MR) is 148 cm³/mol. The summed E-state index contributed by atoms with van der Waals surface area (Å²) < 4.78 is 13.1. The fourth-order valence-corrected chi connectivity index (χ4v) is 7.35. The number of rotatable bonds is 13. The minimum absolute atomic E-state index is 0.146. The van der Waals surface area contributed by atoms with Crippen molar-refractivity contribution in [2.45, 2.75) is 37.1 Å². The summed E-state index contributed by atoms with van der Waals surface area (Å²) >= 11 is 0. The molecule has 0 aliphatic heterocycles. The molecule has 4 rings (SSSR count). The third kappa shape index (κ3) is 7.92. The molecule has 0 N–H and O–H groups in total. The maximum Gasteiger partial charge on any atom is 0.162 e. The van der Waals surface area contributed by atoms with Gasteiger partial charge in [0.1, 0.15) is 0 Å². The van der Waals surface area contributed by atoms with E-state index < -0.39 is 19.5 Å². The molecule has 0 saturated heterocycles. The molecule has 0 radical (unpaired) electrons. The molecule has 4 heteroatoms. The molecule has 2 nitrogen and oxygen atoms in total. The van der Waals surface area contributed by atoms with Gasteiger partial charge in [0, 0.05) is 12.8 Å². The second kappa shape index (κ2) is 13.8. The Morgan fingerprint density at radius 2 is 0.765 bits per heavy atom. The van der Waals surface area contributed by atoms with Gasteiger partial charge in [-0.25, -0.2) is 0 Å². The standard InChI is InChI=1S/C30H34O2Si2/c1-5-13-25(14-6-1)23-29(27-17-9-3-10-18-27)31-33-21-22-34-32-30(28-19-11-4-12-20-28)24-26-15-7-2-8-16-26/h1-20,29-30H,21-24,33-34H2. The van der Waals surface area contributed by atoms with Crippen molar-refractivity contribution in [2.75, 3.05) is 0 Å². The lowest BCUT2D eigenvalue weighted by molar-refractivity contribution is 0.212. The zero-order valence-electron chi connectivity index (χ0n) is 19.8. The monoisotopic (exact) mass is 482 g/mol. The lowest BCUT2D eigenvalue weighted by atomic mass is 10.0. The number of hydrogen-bond acceptors (Lipinski definition) is 2. The molecule has 34 heavy (non-hydrogen) atoms. The van der Waals surface area contributed by atoms with Crippen molar-refractivity contribution in [3.63, 3.8) is 0 Å². The second-order valence-electron chi connectivity index (χ2n) is 8.63. The van der Waals surface area contributed by atoms with Crippen LogP contribution in [0.15, 0.2) is 121 Å². The molecule has 0 aliphatic rings. The van der Waals surface area contributed by atoms with E-state index in [0.29, 0.717) is 0 Å². The molecule has 0 aliphatic carbocycles. The largest absolute Gasteiger partial charge is 0.417 e. The van der Waals surface area contributed by atoms with Crippen LogP contribution in [0.2, 0.25) is 12.1 Å². The highest BCUT2D eigenvalue weighted by Gasteiger charge is 2.14. The topological polar surface area (TPSA) is 18.5 Å². The Kier molecular flexibility index (Phi) is 9.90. The molecule has 0 aromatic heterocycles. The third-order valence-corrected chi connectivity index (χ3v) is 9.90. The average Bonchev–Trinajstić information content (AvgIpc) is 2.91. The molecule has 0 amide bonds. The molecule has 0 heterocycles. The van der Waals surface area contributed by atoms with Crippen molar-refractivity contribution in [3.8, 4) is 0 Å². The SMILES string of the molecule is c1ccc(CC(O[SiH2]CC[SiH2]OC(Cc2ccccc2)c2ccccc2)c2ccccc2)cc1. The van der Waals surface area contributed by atoms with Gasteiger partial charge in [-0.05, 0) is 34.3 Å². The van der Waals surface area contributed by atoms with Crippen LogP contribution in [-0.4, -0.2) is 19.5 Å². The average molecular weight is 483 g/mol. The minimum Gasteiger partial charge on any atom is -0.417 e. The molecule has 0 saturated carbocycles. The Hall–Kier alpha value is -2.77. The van der Waals surface area contributed by atoms with E-state index in [-0.39, 0.29) is 12.2 Å². The zero-order valence-corrected chi connectivity index (χ0v) is 22.6. The Labute approximate surface area is 208 Å². The molecule has 0 spiro atoms. The van der Waals surface area contributed by atoms with Gasteiger partial charge in [0.05, 0.1) is 12.2 Å². The molecular weight excluding hydrogens is 449 g/mol. The quantitative estimate of drug-likeness (QED) is 0.172. The van der Waals surface area contributed by atoms with Gasteiger partial charge in [-0.2, -0.15) is 0 Å². The van der Waals surface area contributed by atoms with Gasteiger partial charge in [0.15, 0.2) is 19.5 Å². The van der Waals surface area contributed by atoms with Crippen molar-refractivity contribution in [3.05, 3.63) is 144 Å².